The van der Waals surface area contributed by atoms with Crippen LogP contribution in [-0.2, 0) is 4.74 Å². The van der Waals surface area contributed by atoms with Crippen molar-refractivity contribution in [3.63, 3.8) is 0 Å². The number of nitrogens with one attached hydrogen (secondary N) is 1. The van der Waals surface area contributed by atoms with Crippen LogP contribution in [0.2, 0.25) is 0 Å². The molecule has 1 aromatic carbocycles. The second-order valence-electron chi connectivity index (χ2n) is 4.86. The smallest absolute Gasteiger partial charge is 0.119 e. The molecule has 0 bridgehead atoms. The molecular weight excluding hydrogens is 242 g/mol. The maximum atomic E-state index is 10.5. The van der Waals surface area contributed by atoms with Crippen molar-refractivity contribution in [2.24, 2.45) is 0 Å². The van der Waals surface area contributed by atoms with Crippen molar-refractivity contribution < 1.29 is 14.6 Å². The van der Waals surface area contributed by atoms with E-state index in [9.17, 15) is 5.11 Å². The Kier molecular flexibility index (Phi) is 6.28. The minimum absolute atomic E-state index is 0.0269. The molecule has 0 spiro atoms. The predicted molar refractivity (Wildman–Crippen MR) is 76.8 cm³/mol. The van der Waals surface area contributed by atoms with Crippen molar-refractivity contribution in [1.82, 2.24) is 5.32 Å². The van der Waals surface area contributed by atoms with E-state index >= 15 is 0 Å². The summed E-state index contributed by atoms with van der Waals surface area (Å²) in [5, 5.41) is 13.7. The van der Waals surface area contributed by atoms with E-state index in [1.807, 2.05) is 32.9 Å². The molecule has 108 valence electrons. The van der Waals surface area contributed by atoms with Gasteiger partial charge < -0.3 is 19.9 Å². The second kappa shape index (κ2) is 7.48. The van der Waals surface area contributed by atoms with Gasteiger partial charge in [-0.3, -0.25) is 0 Å². The molecule has 0 saturated carbocycles. The predicted octanol–water partition coefficient (Wildman–Crippen LogP) is 1.97. The third kappa shape index (κ3) is 4.20. The number of aliphatic hydroxyl groups is 1. The van der Waals surface area contributed by atoms with Gasteiger partial charge in [-0.05, 0) is 49.6 Å². The molecular formula is C15H25NO3. The van der Waals surface area contributed by atoms with Gasteiger partial charge in [0.2, 0.25) is 0 Å². The Balaban J connectivity index is 2.84. The Hall–Kier alpha value is -1.10. The van der Waals surface area contributed by atoms with Gasteiger partial charge in [0, 0.05) is 19.7 Å². The molecule has 19 heavy (non-hydrogen) atoms. The van der Waals surface area contributed by atoms with Gasteiger partial charge in [-0.2, -0.15) is 0 Å². The lowest BCUT2D eigenvalue weighted by atomic mass is 9.94. The Morgan fingerprint density at radius 2 is 1.79 bits per heavy atom. The molecule has 1 aromatic rings. The standard InChI is InChI=1S/C15H25NO3/c1-10-8-13(19-5)9-11(2)14(10)15(17)12(3)16-6-7-18-4/h8-9,12,15-17H,6-7H2,1-5H3. The number of aryl methyl sites for hydroxylation is 2. The molecule has 2 N–H and O–H groups in total. The first kappa shape index (κ1) is 16.0. The molecule has 0 aliphatic carbocycles. The minimum Gasteiger partial charge on any atom is -0.497 e. The van der Waals surface area contributed by atoms with Crippen LogP contribution in [0.5, 0.6) is 5.75 Å². The summed E-state index contributed by atoms with van der Waals surface area (Å²) < 4.78 is 10.2. The first-order chi connectivity index (χ1) is 9.01. The number of benzene rings is 1. The van der Waals surface area contributed by atoms with Gasteiger partial charge in [-0.1, -0.05) is 0 Å². The first-order valence-electron chi connectivity index (χ1n) is 6.56. The quantitative estimate of drug-likeness (QED) is 0.742. The van der Waals surface area contributed by atoms with Gasteiger partial charge in [0.15, 0.2) is 0 Å². The molecule has 0 aliphatic heterocycles. The van der Waals surface area contributed by atoms with Crippen LogP contribution in [0.4, 0.5) is 0 Å². The summed E-state index contributed by atoms with van der Waals surface area (Å²) in [5.74, 6) is 0.825. The van der Waals surface area contributed by atoms with Gasteiger partial charge in [0.1, 0.15) is 5.75 Å². The number of methoxy groups -OCH3 is 2. The largest absolute Gasteiger partial charge is 0.497 e. The fourth-order valence-electron chi connectivity index (χ4n) is 2.27. The fraction of sp³-hybridized carbons (Fsp3) is 0.600. The Morgan fingerprint density at radius 3 is 2.26 bits per heavy atom. The van der Waals surface area contributed by atoms with Crippen LogP contribution in [-0.4, -0.2) is 38.5 Å². The Morgan fingerprint density at radius 1 is 1.21 bits per heavy atom. The van der Waals surface area contributed by atoms with E-state index in [2.05, 4.69) is 5.32 Å². The summed E-state index contributed by atoms with van der Waals surface area (Å²) in [6, 6.07) is 3.88. The molecule has 0 amide bonds. The number of hydrogen-bond donors (Lipinski definition) is 2. The van der Waals surface area contributed by atoms with Crippen LogP contribution in [0.3, 0.4) is 0 Å². The highest BCUT2D eigenvalue weighted by molar-refractivity contribution is 5.42. The minimum atomic E-state index is -0.539. The molecule has 0 aromatic heterocycles. The Bertz CT molecular complexity index is 383. The van der Waals surface area contributed by atoms with E-state index in [0.717, 1.165) is 29.0 Å². The molecule has 1 rings (SSSR count). The van der Waals surface area contributed by atoms with Crippen LogP contribution in [0.15, 0.2) is 12.1 Å². The highest BCUT2D eigenvalue weighted by Crippen LogP contribution is 2.28. The summed E-state index contributed by atoms with van der Waals surface area (Å²) in [6.45, 7) is 7.33. The zero-order chi connectivity index (χ0) is 14.4. The lowest BCUT2D eigenvalue weighted by Gasteiger charge is -2.24. The van der Waals surface area contributed by atoms with Gasteiger partial charge in [-0.15, -0.1) is 0 Å². The van der Waals surface area contributed by atoms with Crippen LogP contribution in [0, 0.1) is 13.8 Å². The monoisotopic (exact) mass is 267 g/mol. The molecule has 0 radical (unpaired) electrons. The highest BCUT2D eigenvalue weighted by Gasteiger charge is 2.20. The summed E-state index contributed by atoms with van der Waals surface area (Å²) in [6.07, 6.45) is -0.539. The topological polar surface area (TPSA) is 50.7 Å². The molecule has 0 saturated heterocycles. The highest BCUT2D eigenvalue weighted by atomic mass is 16.5. The molecule has 0 fully saturated rings. The van der Waals surface area contributed by atoms with Crippen LogP contribution in [0.1, 0.15) is 29.7 Å². The zero-order valence-corrected chi connectivity index (χ0v) is 12.5. The molecule has 4 heteroatoms. The SMILES string of the molecule is COCCNC(C)C(O)c1c(C)cc(OC)cc1C. The average molecular weight is 267 g/mol. The third-order valence-electron chi connectivity index (χ3n) is 3.34. The van der Waals surface area contributed by atoms with Crippen LogP contribution in [0.25, 0.3) is 0 Å². The van der Waals surface area contributed by atoms with Crippen LogP contribution >= 0.6 is 0 Å². The summed E-state index contributed by atoms with van der Waals surface area (Å²) in [5.41, 5.74) is 3.06. The van der Waals surface area contributed by atoms with E-state index in [1.54, 1.807) is 14.2 Å². The van der Waals surface area contributed by atoms with Gasteiger partial charge in [0.25, 0.3) is 0 Å². The van der Waals surface area contributed by atoms with E-state index in [0.29, 0.717) is 6.61 Å². The molecule has 0 heterocycles. The molecule has 4 nitrogen and oxygen atoms in total. The van der Waals surface area contributed by atoms with E-state index in [-0.39, 0.29) is 6.04 Å². The maximum Gasteiger partial charge on any atom is 0.119 e. The average Bonchev–Trinajstić information content (AvgIpc) is 2.37. The summed E-state index contributed by atoms with van der Waals surface area (Å²) in [7, 11) is 3.32. The lowest BCUT2D eigenvalue weighted by Crippen LogP contribution is -2.35. The van der Waals surface area contributed by atoms with Crippen molar-refractivity contribution in [1.29, 1.82) is 0 Å². The van der Waals surface area contributed by atoms with E-state index in [4.69, 9.17) is 9.47 Å². The maximum absolute atomic E-state index is 10.5. The number of ether oxygens (including phenoxy) is 2. The number of rotatable bonds is 7. The van der Waals surface area contributed by atoms with Crippen LogP contribution < -0.4 is 10.1 Å². The number of hydrogen-bond acceptors (Lipinski definition) is 4. The van der Waals surface area contributed by atoms with Crippen molar-refractivity contribution in [3.05, 3.63) is 28.8 Å². The summed E-state index contributed by atoms with van der Waals surface area (Å²) in [4.78, 5) is 0. The Labute approximate surface area is 115 Å². The lowest BCUT2D eigenvalue weighted by molar-refractivity contribution is 0.125. The van der Waals surface area contributed by atoms with Crippen molar-refractivity contribution in [2.45, 2.75) is 32.9 Å². The van der Waals surface area contributed by atoms with E-state index < -0.39 is 6.10 Å². The van der Waals surface area contributed by atoms with E-state index in [1.165, 1.54) is 0 Å². The van der Waals surface area contributed by atoms with Gasteiger partial charge in [-0.25, -0.2) is 0 Å². The molecule has 2 atom stereocenters. The third-order valence-corrected chi connectivity index (χ3v) is 3.34. The van der Waals surface area contributed by atoms with Gasteiger partial charge >= 0.3 is 0 Å². The molecule has 2 unspecified atom stereocenters. The molecule has 0 aliphatic rings. The second-order valence-corrected chi connectivity index (χ2v) is 4.86. The van der Waals surface area contributed by atoms with Gasteiger partial charge in [0.05, 0.1) is 19.8 Å². The normalized spacial score (nSPS) is 14.2. The number of aliphatic hydroxyl groups excluding tert-OH is 1. The zero-order valence-electron chi connectivity index (χ0n) is 12.5. The van der Waals surface area contributed by atoms with Crippen molar-refractivity contribution in [2.75, 3.05) is 27.4 Å². The fourth-order valence-corrected chi connectivity index (χ4v) is 2.27. The van der Waals surface area contributed by atoms with Crippen molar-refractivity contribution >= 4 is 0 Å². The summed E-state index contributed by atoms with van der Waals surface area (Å²) >= 11 is 0. The van der Waals surface area contributed by atoms with Crippen molar-refractivity contribution in [3.8, 4) is 5.75 Å². The first-order valence-corrected chi connectivity index (χ1v) is 6.56.